The summed E-state index contributed by atoms with van der Waals surface area (Å²) >= 11 is 1.30. The van der Waals surface area contributed by atoms with Crippen LogP contribution in [0, 0.1) is 12.8 Å². The number of nitrogens with zero attached hydrogens (tertiary/aromatic N) is 4. The van der Waals surface area contributed by atoms with Crippen LogP contribution in [0.2, 0.25) is 0 Å². The zero-order valence-electron chi connectivity index (χ0n) is 17.8. The largest absolute Gasteiger partial charge is 0.397 e. The molecule has 3 aromatic rings. The summed E-state index contributed by atoms with van der Waals surface area (Å²) in [4.78, 5) is 29.6. The van der Waals surface area contributed by atoms with Crippen molar-refractivity contribution in [1.29, 1.82) is 0 Å². The summed E-state index contributed by atoms with van der Waals surface area (Å²) in [7, 11) is 0. The lowest BCUT2D eigenvalue weighted by molar-refractivity contribution is 0.0938. The minimum absolute atomic E-state index is 0.0104. The third-order valence-electron chi connectivity index (χ3n) is 6.41. The number of thiophene rings is 1. The summed E-state index contributed by atoms with van der Waals surface area (Å²) in [5.41, 5.74) is 14.8. The van der Waals surface area contributed by atoms with Gasteiger partial charge in [-0.2, -0.15) is 0 Å². The monoisotopic (exact) mass is 455 g/mol. The van der Waals surface area contributed by atoms with E-state index in [1.165, 1.54) is 11.3 Å². The van der Waals surface area contributed by atoms with Crippen molar-refractivity contribution in [2.45, 2.75) is 38.3 Å². The number of rotatable bonds is 4. The number of aryl methyl sites for hydroxylation is 2. The van der Waals surface area contributed by atoms with Crippen molar-refractivity contribution in [2.75, 3.05) is 30.4 Å². The summed E-state index contributed by atoms with van der Waals surface area (Å²) in [5, 5.41) is 3.84. The van der Waals surface area contributed by atoms with Crippen molar-refractivity contribution < 1.29 is 9.18 Å². The summed E-state index contributed by atoms with van der Waals surface area (Å²) in [5.74, 6) is 1.19. The molecule has 0 saturated carbocycles. The fraction of sp³-hybridized carbons (Fsp3) is 0.455. The smallest absolute Gasteiger partial charge is 0.263 e. The highest BCUT2D eigenvalue weighted by Gasteiger charge is 2.31. The number of carbonyl (C=O) groups is 1. The number of carbonyl (C=O) groups excluding carboxylic acids is 1. The number of alkyl halides is 1. The summed E-state index contributed by atoms with van der Waals surface area (Å²) < 4.78 is 13.1. The molecular weight excluding hydrogens is 429 g/mol. The van der Waals surface area contributed by atoms with Crippen LogP contribution < -0.4 is 21.7 Å². The van der Waals surface area contributed by atoms with Crippen LogP contribution in [0.3, 0.4) is 0 Å². The summed E-state index contributed by atoms with van der Waals surface area (Å²) in [6.45, 7) is 2.63. The standard InChI is InChI=1S/C22H26FN7OS/c1-11-26-8-15-19(25)20(32-22(15)27-11)21(31)28-14-3-4-17-12(6-14)2-5-18(29-17)30-9-13(7-23)16(24)10-30/h2,5,8,13-14,16H,3-4,6-7,9-10,24-25H2,1H3,(H,28,31). The highest BCUT2D eigenvalue weighted by Crippen LogP contribution is 2.32. The minimum atomic E-state index is -0.402. The lowest BCUT2D eigenvalue weighted by Gasteiger charge is -2.26. The van der Waals surface area contributed by atoms with Crippen molar-refractivity contribution in [2.24, 2.45) is 11.7 Å². The molecule has 0 aromatic carbocycles. The first-order chi connectivity index (χ1) is 15.4. The van der Waals surface area contributed by atoms with E-state index in [4.69, 9.17) is 16.5 Å². The molecule has 3 aromatic heterocycles. The summed E-state index contributed by atoms with van der Waals surface area (Å²) in [6, 6.07) is 3.89. The molecule has 1 aliphatic carbocycles. The van der Waals surface area contributed by atoms with Gasteiger partial charge in [0.05, 0.1) is 17.7 Å². The number of halogens is 1. The van der Waals surface area contributed by atoms with E-state index in [0.717, 1.165) is 34.7 Å². The molecule has 1 saturated heterocycles. The first kappa shape index (κ1) is 21.0. The molecule has 3 unspecified atom stereocenters. The fourth-order valence-corrected chi connectivity index (χ4v) is 5.57. The van der Waals surface area contributed by atoms with Crippen LogP contribution in [-0.4, -0.2) is 52.7 Å². The first-order valence-corrected chi connectivity index (χ1v) is 11.6. The Morgan fingerprint density at radius 3 is 2.97 bits per heavy atom. The van der Waals surface area contributed by atoms with Crippen molar-refractivity contribution >= 4 is 39.0 Å². The van der Waals surface area contributed by atoms with Crippen LogP contribution in [0.15, 0.2) is 18.3 Å². The Morgan fingerprint density at radius 2 is 2.19 bits per heavy atom. The van der Waals surface area contributed by atoms with E-state index in [1.54, 1.807) is 6.20 Å². The van der Waals surface area contributed by atoms with E-state index in [1.807, 2.05) is 13.0 Å². The SMILES string of the molecule is Cc1ncc2c(N)c(C(=O)NC3CCc4nc(N5CC(N)C(CF)C5)ccc4C3)sc2n1. The Morgan fingerprint density at radius 1 is 1.34 bits per heavy atom. The predicted octanol–water partition coefficient (Wildman–Crippen LogP) is 2.00. The predicted molar refractivity (Wildman–Crippen MR) is 124 cm³/mol. The van der Waals surface area contributed by atoms with Crippen LogP contribution in [0.25, 0.3) is 10.2 Å². The molecule has 3 atom stereocenters. The average Bonchev–Trinajstić information content (AvgIpc) is 3.32. The van der Waals surface area contributed by atoms with E-state index in [9.17, 15) is 9.18 Å². The maximum atomic E-state index is 13.1. The zero-order valence-corrected chi connectivity index (χ0v) is 18.7. The Hall–Kier alpha value is -2.85. The number of hydrogen-bond acceptors (Lipinski definition) is 8. The van der Waals surface area contributed by atoms with Gasteiger partial charge in [0.1, 0.15) is 21.3 Å². The molecule has 0 bridgehead atoms. The molecule has 168 valence electrons. The van der Waals surface area contributed by atoms with Gasteiger partial charge in [-0.3, -0.25) is 9.18 Å². The second-order valence-electron chi connectivity index (χ2n) is 8.65. The third kappa shape index (κ3) is 3.77. The van der Waals surface area contributed by atoms with Gasteiger partial charge in [0, 0.05) is 43.0 Å². The lowest BCUT2D eigenvalue weighted by atomic mass is 9.91. The number of fused-ring (bicyclic) bond motifs is 2. The van der Waals surface area contributed by atoms with Crippen LogP contribution >= 0.6 is 11.3 Å². The molecule has 5 N–H and O–H groups in total. The molecule has 4 heterocycles. The van der Waals surface area contributed by atoms with Crippen LogP contribution in [-0.2, 0) is 12.8 Å². The second-order valence-corrected chi connectivity index (χ2v) is 9.65. The molecule has 10 heteroatoms. The van der Waals surface area contributed by atoms with Gasteiger partial charge >= 0.3 is 0 Å². The quantitative estimate of drug-likeness (QED) is 0.550. The number of nitrogens with one attached hydrogen (secondary N) is 1. The molecule has 8 nitrogen and oxygen atoms in total. The first-order valence-electron chi connectivity index (χ1n) is 10.8. The molecule has 1 aliphatic heterocycles. The normalized spacial score (nSPS) is 22.8. The van der Waals surface area contributed by atoms with Gasteiger partial charge in [0.2, 0.25) is 0 Å². The molecule has 0 spiro atoms. The maximum Gasteiger partial charge on any atom is 0.263 e. The van der Waals surface area contributed by atoms with Gasteiger partial charge < -0.3 is 21.7 Å². The molecule has 5 rings (SSSR count). The van der Waals surface area contributed by atoms with Crippen molar-refractivity contribution in [3.8, 4) is 0 Å². The Labute approximate surface area is 189 Å². The second kappa shape index (κ2) is 8.25. The van der Waals surface area contributed by atoms with E-state index in [-0.39, 0.29) is 23.9 Å². The van der Waals surface area contributed by atoms with Gasteiger partial charge in [-0.15, -0.1) is 11.3 Å². The van der Waals surface area contributed by atoms with Crippen LogP contribution in [0.5, 0.6) is 0 Å². The number of anilines is 2. The highest BCUT2D eigenvalue weighted by molar-refractivity contribution is 7.21. The number of nitrogens with two attached hydrogens (primary N) is 2. The van der Waals surface area contributed by atoms with Gasteiger partial charge in [-0.05, 0) is 37.8 Å². The highest BCUT2D eigenvalue weighted by atomic mass is 32.1. The Bertz CT molecular complexity index is 1180. The topological polar surface area (TPSA) is 123 Å². The molecule has 2 aliphatic rings. The van der Waals surface area contributed by atoms with E-state index < -0.39 is 6.67 Å². The average molecular weight is 456 g/mol. The van der Waals surface area contributed by atoms with E-state index in [2.05, 4.69) is 26.3 Å². The van der Waals surface area contributed by atoms with Crippen molar-refractivity contribution in [1.82, 2.24) is 20.3 Å². The van der Waals surface area contributed by atoms with Crippen molar-refractivity contribution in [3.05, 3.63) is 40.3 Å². The Kier molecular flexibility index (Phi) is 5.42. The Balaban J connectivity index is 1.28. The van der Waals surface area contributed by atoms with E-state index >= 15 is 0 Å². The molecule has 1 amide bonds. The minimum Gasteiger partial charge on any atom is -0.397 e. The number of amides is 1. The maximum absolute atomic E-state index is 13.1. The van der Waals surface area contributed by atoms with Gasteiger partial charge in [-0.25, -0.2) is 15.0 Å². The molecule has 1 fully saturated rings. The van der Waals surface area contributed by atoms with Crippen LogP contribution in [0.4, 0.5) is 15.9 Å². The van der Waals surface area contributed by atoms with Gasteiger partial charge in [0.25, 0.3) is 5.91 Å². The third-order valence-corrected chi connectivity index (χ3v) is 7.53. The molecule has 0 radical (unpaired) electrons. The molecule has 32 heavy (non-hydrogen) atoms. The number of pyridine rings is 1. The lowest BCUT2D eigenvalue weighted by Crippen LogP contribution is -2.39. The van der Waals surface area contributed by atoms with E-state index in [0.29, 0.717) is 41.3 Å². The van der Waals surface area contributed by atoms with Gasteiger partial charge in [-0.1, -0.05) is 6.07 Å². The van der Waals surface area contributed by atoms with Crippen molar-refractivity contribution in [3.63, 3.8) is 0 Å². The number of nitrogen functional groups attached to an aromatic ring is 1. The molecular formula is C22H26FN7OS. The zero-order chi connectivity index (χ0) is 22.4. The van der Waals surface area contributed by atoms with Gasteiger partial charge in [0.15, 0.2) is 0 Å². The summed E-state index contributed by atoms with van der Waals surface area (Å²) in [6.07, 6.45) is 3.95. The fourth-order valence-electron chi connectivity index (χ4n) is 4.55. The number of hydrogen-bond donors (Lipinski definition) is 3. The number of aromatic nitrogens is 3. The van der Waals surface area contributed by atoms with Crippen LogP contribution in [0.1, 0.15) is 33.2 Å².